The highest BCUT2D eigenvalue weighted by Gasteiger charge is 2.43. The minimum atomic E-state index is -1.31. The molecule has 6 amide bonds. The summed E-state index contributed by atoms with van der Waals surface area (Å²) in [5.74, 6) is -1.51. The number of nitrogens with two attached hydrogens (primary N) is 1. The number of hydrogen-bond donors (Lipinski definition) is 11. The van der Waals surface area contributed by atoms with Crippen LogP contribution >= 0.6 is 0 Å². The fraction of sp³-hybridized carbons (Fsp3) is 0.850. The van der Waals surface area contributed by atoms with Crippen molar-refractivity contribution in [2.75, 3.05) is 72.2 Å². The highest BCUT2D eigenvalue weighted by atomic mass is 16.7. The minimum absolute atomic E-state index is 0.140. The van der Waals surface area contributed by atoms with Crippen molar-refractivity contribution in [3.05, 3.63) is 0 Å². The predicted octanol–water partition coefficient (Wildman–Crippen LogP) is -1.98. The molecule has 20 heteroatoms. The van der Waals surface area contributed by atoms with E-state index in [-0.39, 0.29) is 87.7 Å². The van der Waals surface area contributed by atoms with Gasteiger partial charge < -0.3 is 67.5 Å². The highest BCUT2D eigenvalue weighted by molar-refractivity contribution is 5.86. The van der Waals surface area contributed by atoms with Crippen LogP contribution in [0.15, 0.2) is 0 Å². The van der Waals surface area contributed by atoms with E-state index in [0.29, 0.717) is 84.0 Å². The molecule has 60 heavy (non-hydrogen) atoms. The first-order valence-electron chi connectivity index (χ1n) is 21.8. The third-order valence-corrected chi connectivity index (χ3v) is 9.84. The molecule has 3 unspecified atom stereocenters. The van der Waals surface area contributed by atoms with Gasteiger partial charge in [-0.05, 0) is 57.8 Å². The number of carbonyl (C=O) groups excluding carboxylic acids is 6. The van der Waals surface area contributed by atoms with Crippen LogP contribution in [0, 0.1) is 0 Å². The molecule has 6 atom stereocenters. The van der Waals surface area contributed by atoms with Crippen molar-refractivity contribution < 1.29 is 58.7 Å². The van der Waals surface area contributed by atoms with Crippen LogP contribution < -0.4 is 37.6 Å². The number of aliphatic hydroxyl groups excluding tert-OH is 4. The van der Waals surface area contributed by atoms with E-state index in [9.17, 15) is 44.1 Å². The van der Waals surface area contributed by atoms with Gasteiger partial charge in [0.25, 0.3) is 0 Å². The van der Waals surface area contributed by atoms with Gasteiger partial charge in [0.2, 0.25) is 35.4 Å². The van der Waals surface area contributed by atoms with Crippen LogP contribution in [0.2, 0.25) is 0 Å². The molecule has 0 spiro atoms. The van der Waals surface area contributed by atoms with Crippen molar-refractivity contribution in [3.63, 3.8) is 0 Å². The summed E-state index contributed by atoms with van der Waals surface area (Å²) in [6.45, 7) is 5.34. The Labute approximate surface area is 355 Å². The molecular formula is C40H76N8O12. The van der Waals surface area contributed by atoms with E-state index in [1.54, 1.807) is 4.90 Å². The van der Waals surface area contributed by atoms with Gasteiger partial charge in [-0.25, -0.2) is 0 Å². The summed E-state index contributed by atoms with van der Waals surface area (Å²) in [5, 5.41) is 54.9. The van der Waals surface area contributed by atoms with Crippen molar-refractivity contribution in [3.8, 4) is 0 Å². The Hall–Kier alpha value is -3.50. The van der Waals surface area contributed by atoms with E-state index in [2.05, 4.69) is 31.9 Å². The second-order valence-electron chi connectivity index (χ2n) is 15.1. The van der Waals surface area contributed by atoms with Crippen LogP contribution in [0.4, 0.5) is 0 Å². The lowest BCUT2D eigenvalue weighted by Crippen LogP contribution is -2.62. The zero-order valence-corrected chi connectivity index (χ0v) is 35.9. The van der Waals surface area contributed by atoms with Crippen molar-refractivity contribution in [2.24, 2.45) is 5.73 Å². The molecule has 0 saturated carbocycles. The van der Waals surface area contributed by atoms with E-state index < -0.39 is 43.3 Å². The van der Waals surface area contributed by atoms with Gasteiger partial charge in [0.1, 0.15) is 18.3 Å². The molecule has 0 radical (unpaired) electrons. The number of ether oxygens (including phenoxy) is 2. The molecule has 348 valence electrons. The fourth-order valence-electron chi connectivity index (χ4n) is 6.27. The molecule has 1 rings (SSSR count). The Balaban J connectivity index is 2.58. The summed E-state index contributed by atoms with van der Waals surface area (Å²) in [6, 6.07) is -1.74. The third-order valence-electron chi connectivity index (χ3n) is 9.84. The number of nitrogens with one attached hydrogen (secondary N) is 6. The lowest BCUT2D eigenvalue weighted by Gasteiger charge is -2.40. The maximum absolute atomic E-state index is 13.5. The summed E-state index contributed by atoms with van der Waals surface area (Å²) < 4.78 is 11.0. The lowest BCUT2D eigenvalue weighted by molar-refractivity contribution is -0.265. The predicted molar refractivity (Wildman–Crippen MR) is 223 cm³/mol. The molecule has 0 aromatic heterocycles. The Kier molecular flexibility index (Phi) is 31.0. The Bertz CT molecular complexity index is 1230. The molecule has 0 aromatic carbocycles. The number of hydrogen-bond acceptors (Lipinski definition) is 14. The average Bonchev–Trinajstić information content (AvgIpc) is 3.22. The number of rotatable bonds is 35. The minimum Gasteiger partial charge on any atom is -0.395 e. The summed E-state index contributed by atoms with van der Waals surface area (Å²) >= 11 is 0. The van der Waals surface area contributed by atoms with Gasteiger partial charge >= 0.3 is 0 Å². The van der Waals surface area contributed by atoms with Gasteiger partial charge in [-0.2, -0.15) is 0 Å². The van der Waals surface area contributed by atoms with Crippen LogP contribution in [0.1, 0.15) is 110 Å². The Morgan fingerprint density at radius 2 is 1.13 bits per heavy atom. The third kappa shape index (κ3) is 24.7. The SMILES string of the molecule is CCCCNC(=O)CN(CC(=O)NCCCNC(=O)CCCCCO[C@@H]1OC(CO)[C@H](O)C(O)[C@@H]1N)C(CCCCNC(=O)CCCC(=O)NCCO)C(=O)NCCCC. The first-order valence-corrected chi connectivity index (χ1v) is 21.8. The van der Waals surface area contributed by atoms with E-state index in [4.69, 9.17) is 20.3 Å². The largest absolute Gasteiger partial charge is 0.395 e. The molecule has 1 aliphatic heterocycles. The monoisotopic (exact) mass is 861 g/mol. The van der Waals surface area contributed by atoms with E-state index in [1.165, 1.54) is 0 Å². The summed E-state index contributed by atoms with van der Waals surface area (Å²) in [6.07, 6.45) is 3.56. The molecule has 1 aliphatic rings. The van der Waals surface area contributed by atoms with Crippen molar-refractivity contribution in [1.29, 1.82) is 0 Å². The van der Waals surface area contributed by atoms with Gasteiger partial charge in [0.15, 0.2) is 6.29 Å². The molecular weight excluding hydrogens is 784 g/mol. The topological polar surface area (TPSA) is 303 Å². The van der Waals surface area contributed by atoms with Crippen LogP contribution in [-0.4, -0.2) is 170 Å². The normalized spacial score (nSPS) is 19.3. The molecule has 1 heterocycles. The highest BCUT2D eigenvalue weighted by Crippen LogP contribution is 2.21. The van der Waals surface area contributed by atoms with Crippen LogP contribution in [-0.2, 0) is 38.2 Å². The molecule has 1 saturated heterocycles. The van der Waals surface area contributed by atoms with E-state index in [0.717, 1.165) is 25.7 Å². The second kappa shape index (κ2) is 34.1. The fourth-order valence-corrected chi connectivity index (χ4v) is 6.27. The van der Waals surface area contributed by atoms with Gasteiger partial charge in [0.05, 0.1) is 38.4 Å². The number of amides is 6. The standard InChI is InChI=1S/C40H76N8O12/c1-3-5-18-44-34(54)26-48(29(39(58)47-19-6-4-2)14-9-10-20-42-32(52)16-12-17-33(53)46-23-24-49)27-35(55)45-22-13-21-43-31(51)15-8-7-11-25-59-40-36(41)38(57)37(56)30(28-50)60-40/h29-30,36-38,40,49-50,56-57H,3-28,41H2,1-2H3,(H,42,52)(H,43,51)(H,44,54)(H,45,55)(H,46,53)(H,47,58)/t29?,30?,36-,37-,38?,40+/m0/s1. The smallest absolute Gasteiger partial charge is 0.237 e. The van der Waals surface area contributed by atoms with E-state index in [1.807, 2.05) is 13.8 Å². The molecule has 1 fully saturated rings. The molecule has 0 bridgehead atoms. The summed E-state index contributed by atoms with van der Waals surface area (Å²) in [4.78, 5) is 77.5. The number of nitrogens with zero attached hydrogens (tertiary/aromatic N) is 1. The zero-order chi connectivity index (χ0) is 44.5. The molecule has 12 N–H and O–H groups in total. The maximum Gasteiger partial charge on any atom is 0.237 e. The van der Waals surface area contributed by atoms with Crippen LogP contribution in [0.3, 0.4) is 0 Å². The lowest BCUT2D eigenvalue weighted by atomic mass is 9.98. The number of aliphatic hydroxyl groups is 4. The Morgan fingerprint density at radius 1 is 0.617 bits per heavy atom. The quantitative estimate of drug-likeness (QED) is 0.0308. The Morgan fingerprint density at radius 3 is 1.70 bits per heavy atom. The molecule has 20 nitrogen and oxygen atoms in total. The first-order chi connectivity index (χ1) is 28.9. The molecule has 0 aliphatic carbocycles. The first kappa shape index (κ1) is 54.5. The number of unbranched alkanes of at least 4 members (excludes halogenated alkanes) is 5. The zero-order valence-electron chi connectivity index (χ0n) is 35.9. The van der Waals surface area contributed by atoms with Crippen molar-refractivity contribution >= 4 is 35.4 Å². The van der Waals surface area contributed by atoms with Crippen LogP contribution in [0.5, 0.6) is 0 Å². The van der Waals surface area contributed by atoms with Gasteiger partial charge in [-0.1, -0.05) is 33.1 Å². The second-order valence-corrected chi connectivity index (χ2v) is 15.1. The van der Waals surface area contributed by atoms with Crippen molar-refractivity contribution in [2.45, 2.75) is 147 Å². The van der Waals surface area contributed by atoms with Crippen LogP contribution in [0.25, 0.3) is 0 Å². The summed E-state index contributed by atoms with van der Waals surface area (Å²) in [7, 11) is 0. The van der Waals surface area contributed by atoms with Gasteiger partial charge in [-0.3, -0.25) is 33.7 Å². The average molecular weight is 861 g/mol. The molecule has 0 aromatic rings. The van der Waals surface area contributed by atoms with Gasteiger partial charge in [-0.15, -0.1) is 0 Å². The van der Waals surface area contributed by atoms with Crippen molar-refractivity contribution in [1.82, 2.24) is 36.8 Å². The number of carbonyl (C=O) groups is 6. The summed E-state index contributed by atoms with van der Waals surface area (Å²) in [5.41, 5.74) is 5.88. The maximum atomic E-state index is 13.5. The van der Waals surface area contributed by atoms with E-state index >= 15 is 0 Å². The van der Waals surface area contributed by atoms with Gasteiger partial charge in [0, 0.05) is 65.1 Å².